The Morgan fingerprint density at radius 1 is 1.15 bits per heavy atom. The van der Waals surface area contributed by atoms with E-state index in [1.165, 1.54) is 19.2 Å². The third kappa shape index (κ3) is 3.29. The second-order valence-corrected chi connectivity index (χ2v) is 4.71. The van der Waals surface area contributed by atoms with Gasteiger partial charge >= 0.3 is 0 Å². The number of methoxy groups -OCH3 is 1. The summed E-state index contributed by atoms with van der Waals surface area (Å²) in [7, 11) is 1.51. The molecule has 0 amide bonds. The van der Waals surface area contributed by atoms with Gasteiger partial charge in [-0.15, -0.1) is 0 Å². The maximum atomic E-state index is 10.3. The lowest BCUT2D eigenvalue weighted by Crippen LogP contribution is -2.28. The fourth-order valence-electron chi connectivity index (χ4n) is 2.17. The van der Waals surface area contributed by atoms with Gasteiger partial charge in [0.1, 0.15) is 11.5 Å². The Kier molecular flexibility index (Phi) is 4.61. The van der Waals surface area contributed by atoms with Crippen LogP contribution in [0.2, 0.25) is 0 Å². The number of aromatic hydroxyl groups is 1. The molecule has 4 heteroatoms. The normalized spacial score (nSPS) is 13.8. The van der Waals surface area contributed by atoms with Crippen LogP contribution in [0.1, 0.15) is 17.2 Å². The van der Waals surface area contributed by atoms with Gasteiger partial charge in [-0.3, -0.25) is 0 Å². The number of aliphatic hydroxyl groups is 1. The average molecular weight is 273 g/mol. The SMILES string of the molecule is COc1cc(O)ccc1[C@H](N)[C@H](O)Cc1ccccc1. The van der Waals surface area contributed by atoms with E-state index in [4.69, 9.17) is 10.5 Å². The number of aliphatic hydroxyl groups excluding tert-OH is 1. The van der Waals surface area contributed by atoms with Crippen molar-refractivity contribution in [2.75, 3.05) is 7.11 Å². The molecule has 106 valence electrons. The highest BCUT2D eigenvalue weighted by molar-refractivity contribution is 5.42. The largest absolute Gasteiger partial charge is 0.508 e. The van der Waals surface area contributed by atoms with E-state index in [0.717, 1.165) is 5.56 Å². The molecule has 0 aliphatic carbocycles. The van der Waals surface area contributed by atoms with E-state index in [-0.39, 0.29) is 5.75 Å². The number of nitrogens with two attached hydrogens (primary N) is 1. The summed E-state index contributed by atoms with van der Waals surface area (Å²) in [4.78, 5) is 0. The van der Waals surface area contributed by atoms with Crippen molar-refractivity contribution in [2.45, 2.75) is 18.6 Å². The van der Waals surface area contributed by atoms with E-state index in [0.29, 0.717) is 17.7 Å². The van der Waals surface area contributed by atoms with E-state index in [1.54, 1.807) is 6.07 Å². The fraction of sp³-hybridized carbons (Fsp3) is 0.250. The number of ether oxygens (including phenoxy) is 1. The van der Waals surface area contributed by atoms with Crippen LogP contribution in [0.4, 0.5) is 0 Å². The molecular weight excluding hydrogens is 254 g/mol. The summed E-state index contributed by atoms with van der Waals surface area (Å²) in [6.07, 6.45) is -0.262. The van der Waals surface area contributed by atoms with Gasteiger partial charge in [0, 0.05) is 18.1 Å². The van der Waals surface area contributed by atoms with E-state index in [9.17, 15) is 10.2 Å². The summed E-state index contributed by atoms with van der Waals surface area (Å²) in [6.45, 7) is 0. The summed E-state index contributed by atoms with van der Waals surface area (Å²) in [6, 6.07) is 13.8. The van der Waals surface area contributed by atoms with Gasteiger partial charge in [0.25, 0.3) is 0 Å². The van der Waals surface area contributed by atoms with Gasteiger partial charge in [0.05, 0.1) is 19.3 Å². The highest BCUT2D eigenvalue weighted by Crippen LogP contribution is 2.30. The first-order valence-corrected chi connectivity index (χ1v) is 6.46. The number of rotatable bonds is 5. The zero-order chi connectivity index (χ0) is 14.5. The third-order valence-corrected chi connectivity index (χ3v) is 3.28. The van der Waals surface area contributed by atoms with Crippen LogP contribution in [0, 0.1) is 0 Å². The molecule has 4 nitrogen and oxygen atoms in total. The van der Waals surface area contributed by atoms with Crippen LogP contribution in [0.15, 0.2) is 48.5 Å². The molecule has 4 N–H and O–H groups in total. The number of phenols is 1. The van der Waals surface area contributed by atoms with Crippen LogP contribution < -0.4 is 10.5 Å². The first-order chi connectivity index (χ1) is 9.61. The van der Waals surface area contributed by atoms with Gasteiger partial charge in [0.2, 0.25) is 0 Å². The van der Waals surface area contributed by atoms with Crippen molar-refractivity contribution >= 4 is 0 Å². The highest BCUT2D eigenvalue weighted by atomic mass is 16.5. The molecule has 0 unspecified atom stereocenters. The molecule has 20 heavy (non-hydrogen) atoms. The molecule has 2 aromatic rings. The summed E-state index contributed by atoms with van der Waals surface area (Å²) in [5.74, 6) is 0.583. The van der Waals surface area contributed by atoms with Gasteiger partial charge in [-0.2, -0.15) is 0 Å². The molecule has 0 aromatic heterocycles. The maximum absolute atomic E-state index is 10.3. The molecule has 2 rings (SSSR count). The lowest BCUT2D eigenvalue weighted by molar-refractivity contribution is 0.143. The van der Waals surface area contributed by atoms with E-state index in [2.05, 4.69) is 0 Å². The molecule has 2 atom stereocenters. The first kappa shape index (κ1) is 14.4. The Hall–Kier alpha value is -2.04. The lowest BCUT2D eigenvalue weighted by atomic mass is 9.96. The zero-order valence-corrected chi connectivity index (χ0v) is 11.4. The van der Waals surface area contributed by atoms with Crippen molar-refractivity contribution in [1.82, 2.24) is 0 Å². The van der Waals surface area contributed by atoms with Crippen molar-refractivity contribution in [1.29, 1.82) is 0 Å². The second kappa shape index (κ2) is 6.41. The Bertz CT molecular complexity index is 557. The Morgan fingerprint density at radius 2 is 1.85 bits per heavy atom. The van der Waals surface area contributed by atoms with Gasteiger partial charge < -0.3 is 20.7 Å². The molecule has 0 saturated carbocycles. The quantitative estimate of drug-likeness (QED) is 0.779. The standard InChI is InChI=1S/C16H19NO3/c1-20-15-10-12(18)7-8-13(15)16(17)14(19)9-11-5-3-2-4-6-11/h2-8,10,14,16,18-19H,9,17H2,1H3/t14-,16+/m1/s1. The lowest BCUT2D eigenvalue weighted by Gasteiger charge is -2.21. The van der Waals surface area contributed by atoms with E-state index < -0.39 is 12.1 Å². The Balaban J connectivity index is 2.16. The molecule has 0 aliphatic heterocycles. The summed E-state index contributed by atoms with van der Waals surface area (Å²) < 4.78 is 5.20. The molecule has 0 aliphatic rings. The molecular formula is C16H19NO3. The first-order valence-electron chi connectivity index (χ1n) is 6.46. The van der Waals surface area contributed by atoms with Crippen LogP contribution in [0.3, 0.4) is 0 Å². The Labute approximate surface area is 118 Å². The average Bonchev–Trinajstić information content (AvgIpc) is 2.47. The number of phenolic OH excluding ortho intramolecular Hbond substituents is 1. The fourth-order valence-corrected chi connectivity index (χ4v) is 2.17. The van der Waals surface area contributed by atoms with Crippen LogP contribution in [-0.4, -0.2) is 23.4 Å². The minimum Gasteiger partial charge on any atom is -0.508 e. The number of hydrogen-bond donors (Lipinski definition) is 3. The molecule has 2 aromatic carbocycles. The van der Waals surface area contributed by atoms with E-state index in [1.807, 2.05) is 30.3 Å². The van der Waals surface area contributed by atoms with Crippen LogP contribution in [0.5, 0.6) is 11.5 Å². The van der Waals surface area contributed by atoms with Crippen LogP contribution in [0.25, 0.3) is 0 Å². The topological polar surface area (TPSA) is 75.7 Å². The smallest absolute Gasteiger partial charge is 0.127 e. The Morgan fingerprint density at radius 3 is 2.50 bits per heavy atom. The summed E-state index contributed by atoms with van der Waals surface area (Å²) >= 11 is 0. The summed E-state index contributed by atoms with van der Waals surface area (Å²) in [5.41, 5.74) is 7.80. The van der Waals surface area contributed by atoms with Crippen molar-refractivity contribution in [3.63, 3.8) is 0 Å². The second-order valence-electron chi connectivity index (χ2n) is 4.71. The monoisotopic (exact) mass is 273 g/mol. The van der Waals surface area contributed by atoms with Gasteiger partial charge in [0.15, 0.2) is 0 Å². The van der Waals surface area contributed by atoms with Crippen molar-refractivity contribution in [3.05, 3.63) is 59.7 Å². The summed E-state index contributed by atoms with van der Waals surface area (Å²) in [5, 5.41) is 19.7. The van der Waals surface area contributed by atoms with Gasteiger partial charge in [-0.25, -0.2) is 0 Å². The maximum Gasteiger partial charge on any atom is 0.127 e. The minimum atomic E-state index is -0.726. The number of hydrogen-bond acceptors (Lipinski definition) is 4. The molecule has 0 radical (unpaired) electrons. The van der Waals surface area contributed by atoms with Gasteiger partial charge in [-0.1, -0.05) is 30.3 Å². The molecule has 0 bridgehead atoms. The van der Waals surface area contributed by atoms with Crippen molar-refractivity contribution in [3.8, 4) is 11.5 Å². The van der Waals surface area contributed by atoms with Crippen LogP contribution in [-0.2, 0) is 6.42 Å². The number of benzene rings is 2. The minimum absolute atomic E-state index is 0.107. The molecule has 0 heterocycles. The highest BCUT2D eigenvalue weighted by Gasteiger charge is 2.21. The van der Waals surface area contributed by atoms with E-state index >= 15 is 0 Å². The van der Waals surface area contributed by atoms with Crippen molar-refractivity contribution < 1.29 is 14.9 Å². The van der Waals surface area contributed by atoms with Crippen molar-refractivity contribution in [2.24, 2.45) is 5.73 Å². The van der Waals surface area contributed by atoms with Crippen LogP contribution >= 0.6 is 0 Å². The van der Waals surface area contributed by atoms with Gasteiger partial charge in [-0.05, 0) is 17.7 Å². The zero-order valence-electron chi connectivity index (χ0n) is 11.4. The predicted octanol–water partition coefficient (Wildman–Crippen LogP) is 2.00. The predicted molar refractivity (Wildman–Crippen MR) is 77.7 cm³/mol. The molecule has 0 saturated heterocycles. The molecule has 0 fully saturated rings. The third-order valence-electron chi connectivity index (χ3n) is 3.28. The molecule has 0 spiro atoms.